The highest BCUT2D eigenvalue weighted by molar-refractivity contribution is 5.79. The summed E-state index contributed by atoms with van der Waals surface area (Å²) in [5.41, 5.74) is 1.00. The fourth-order valence-electron chi connectivity index (χ4n) is 1.49. The number of amides is 1. The van der Waals surface area contributed by atoms with E-state index in [9.17, 15) is 4.79 Å². The predicted molar refractivity (Wildman–Crippen MR) is 42.1 cm³/mol. The summed E-state index contributed by atoms with van der Waals surface area (Å²) in [4.78, 5) is 14.9. The Balaban J connectivity index is 2.18. The molecule has 0 bridgehead atoms. The molecule has 1 amide bonds. The highest BCUT2D eigenvalue weighted by Gasteiger charge is 2.23. The van der Waals surface area contributed by atoms with Crippen LogP contribution in [0.5, 0.6) is 0 Å². The molecular formula is C8H10N2O. The van der Waals surface area contributed by atoms with Crippen molar-refractivity contribution in [3.8, 4) is 0 Å². The Labute approximate surface area is 65.2 Å². The molecule has 3 heteroatoms. The van der Waals surface area contributed by atoms with E-state index in [-0.39, 0.29) is 5.91 Å². The lowest BCUT2D eigenvalue weighted by Crippen LogP contribution is -2.33. The zero-order valence-electron chi connectivity index (χ0n) is 6.21. The Hall–Kier alpha value is -1.12. The van der Waals surface area contributed by atoms with Gasteiger partial charge < -0.3 is 5.32 Å². The van der Waals surface area contributed by atoms with Crippen molar-refractivity contribution in [2.24, 2.45) is 10.9 Å². The molecule has 11 heavy (non-hydrogen) atoms. The summed E-state index contributed by atoms with van der Waals surface area (Å²) < 4.78 is 0. The van der Waals surface area contributed by atoms with Gasteiger partial charge in [-0.15, -0.1) is 0 Å². The second kappa shape index (κ2) is 2.49. The van der Waals surface area contributed by atoms with Gasteiger partial charge in [-0.2, -0.15) is 0 Å². The maximum absolute atomic E-state index is 10.9. The first-order valence-corrected chi connectivity index (χ1v) is 3.88. The van der Waals surface area contributed by atoms with Gasteiger partial charge >= 0.3 is 0 Å². The predicted octanol–water partition coefficient (Wildman–Crippen LogP) is 0.829. The number of allylic oxidation sites excluding steroid dienone is 1. The van der Waals surface area contributed by atoms with Gasteiger partial charge in [0.2, 0.25) is 5.91 Å². The van der Waals surface area contributed by atoms with E-state index in [1.165, 1.54) is 0 Å². The first-order chi connectivity index (χ1) is 5.36. The third-order valence-corrected chi connectivity index (χ3v) is 2.15. The van der Waals surface area contributed by atoms with Crippen molar-refractivity contribution in [1.29, 1.82) is 0 Å². The average molecular weight is 150 g/mol. The molecule has 0 radical (unpaired) electrons. The Morgan fingerprint density at radius 2 is 2.55 bits per heavy atom. The largest absolute Gasteiger partial charge is 0.328 e. The van der Waals surface area contributed by atoms with Crippen LogP contribution in [-0.4, -0.2) is 12.1 Å². The minimum atomic E-state index is 0.129. The highest BCUT2D eigenvalue weighted by atomic mass is 16.1. The molecule has 2 heterocycles. The Bertz CT molecular complexity index is 242. The summed E-state index contributed by atoms with van der Waals surface area (Å²) in [6, 6.07) is 0. The fourth-order valence-corrected chi connectivity index (χ4v) is 1.49. The number of fused-ring (bicyclic) bond motifs is 1. The number of rotatable bonds is 0. The van der Waals surface area contributed by atoms with Crippen LogP contribution >= 0.6 is 0 Å². The first kappa shape index (κ1) is 6.58. The van der Waals surface area contributed by atoms with Crippen LogP contribution in [-0.2, 0) is 4.79 Å². The number of nitrogens with zero attached hydrogens (tertiary/aromatic N) is 1. The van der Waals surface area contributed by atoms with Crippen molar-refractivity contribution in [1.82, 2.24) is 5.32 Å². The van der Waals surface area contributed by atoms with Crippen LogP contribution in [0, 0.1) is 5.92 Å². The topological polar surface area (TPSA) is 41.5 Å². The summed E-state index contributed by atoms with van der Waals surface area (Å²) in [6.07, 6.45) is 6.28. The SMILES string of the molecule is O=C1CCC2CC=NC=C2N1. The minimum Gasteiger partial charge on any atom is -0.328 e. The van der Waals surface area contributed by atoms with Gasteiger partial charge in [0.1, 0.15) is 0 Å². The van der Waals surface area contributed by atoms with Crippen LogP contribution in [0.25, 0.3) is 0 Å². The second-order valence-corrected chi connectivity index (χ2v) is 2.94. The molecular weight excluding hydrogens is 140 g/mol. The molecule has 0 aromatic rings. The number of hydrogen-bond acceptors (Lipinski definition) is 2. The van der Waals surface area contributed by atoms with E-state index in [0.29, 0.717) is 12.3 Å². The smallest absolute Gasteiger partial charge is 0.224 e. The highest BCUT2D eigenvalue weighted by Crippen LogP contribution is 2.24. The van der Waals surface area contributed by atoms with Crippen LogP contribution in [0.3, 0.4) is 0 Å². The molecule has 0 aliphatic carbocycles. The summed E-state index contributed by atoms with van der Waals surface area (Å²) >= 11 is 0. The molecule has 0 saturated carbocycles. The van der Waals surface area contributed by atoms with Crippen LogP contribution in [0.2, 0.25) is 0 Å². The quantitative estimate of drug-likeness (QED) is 0.546. The van der Waals surface area contributed by atoms with Gasteiger partial charge in [0.15, 0.2) is 0 Å². The third kappa shape index (κ3) is 1.18. The molecule has 1 saturated heterocycles. The Morgan fingerprint density at radius 1 is 1.64 bits per heavy atom. The van der Waals surface area contributed by atoms with Crippen LogP contribution in [0.15, 0.2) is 16.9 Å². The van der Waals surface area contributed by atoms with Crippen molar-refractivity contribution < 1.29 is 4.79 Å². The molecule has 1 fully saturated rings. The molecule has 1 unspecified atom stereocenters. The van der Waals surface area contributed by atoms with E-state index in [2.05, 4.69) is 10.3 Å². The van der Waals surface area contributed by atoms with Crippen molar-refractivity contribution in [3.63, 3.8) is 0 Å². The monoisotopic (exact) mass is 150 g/mol. The van der Waals surface area contributed by atoms with Crippen LogP contribution in [0.4, 0.5) is 0 Å². The lowest BCUT2D eigenvalue weighted by Gasteiger charge is -2.25. The molecule has 58 valence electrons. The molecule has 2 aliphatic heterocycles. The van der Waals surface area contributed by atoms with E-state index in [4.69, 9.17) is 0 Å². The fraction of sp³-hybridized carbons (Fsp3) is 0.500. The van der Waals surface area contributed by atoms with E-state index in [1.807, 2.05) is 6.21 Å². The van der Waals surface area contributed by atoms with Gasteiger partial charge in [0, 0.05) is 30.5 Å². The van der Waals surface area contributed by atoms with E-state index in [1.54, 1.807) is 6.20 Å². The molecule has 2 aliphatic rings. The average Bonchev–Trinajstić information content (AvgIpc) is 2.04. The zero-order valence-corrected chi connectivity index (χ0v) is 6.21. The van der Waals surface area contributed by atoms with Gasteiger partial charge in [0.05, 0.1) is 0 Å². The number of piperidine rings is 1. The molecule has 0 aromatic heterocycles. The normalized spacial score (nSPS) is 28.9. The summed E-state index contributed by atoms with van der Waals surface area (Å²) in [5, 5.41) is 2.83. The zero-order chi connectivity index (χ0) is 7.68. The summed E-state index contributed by atoms with van der Waals surface area (Å²) in [5.74, 6) is 0.648. The van der Waals surface area contributed by atoms with Crippen LogP contribution in [0.1, 0.15) is 19.3 Å². The van der Waals surface area contributed by atoms with Gasteiger partial charge in [0.25, 0.3) is 0 Å². The molecule has 1 atom stereocenters. The number of carbonyl (C=O) groups excluding carboxylic acids is 1. The molecule has 0 spiro atoms. The van der Waals surface area contributed by atoms with Gasteiger partial charge in [-0.25, -0.2) is 0 Å². The number of aliphatic imine (C=N–C) groups is 1. The maximum atomic E-state index is 10.9. The standard InChI is InChI=1S/C8H10N2O/c11-8-2-1-6-3-4-9-5-7(6)10-8/h4-6H,1-3H2,(H,10,11). The second-order valence-electron chi connectivity index (χ2n) is 2.94. The lowest BCUT2D eigenvalue weighted by atomic mass is 9.92. The van der Waals surface area contributed by atoms with E-state index >= 15 is 0 Å². The van der Waals surface area contributed by atoms with Crippen molar-refractivity contribution in [2.75, 3.05) is 0 Å². The third-order valence-electron chi connectivity index (χ3n) is 2.15. The summed E-state index contributed by atoms with van der Waals surface area (Å²) in [6.45, 7) is 0. The van der Waals surface area contributed by atoms with Gasteiger partial charge in [-0.3, -0.25) is 9.79 Å². The Kier molecular flexibility index (Phi) is 1.49. The van der Waals surface area contributed by atoms with Gasteiger partial charge in [-0.05, 0) is 12.8 Å². The molecule has 0 aromatic carbocycles. The number of nitrogens with one attached hydrogen (secondary N) is 1. The molecule has 2 rings (SSSR count). The lowest BCUT2D eigenvalue weighted by molar-refractivity contribution is -0.121. The van der Waals surface area contributed by atoms with Crippen molar-refractivity contribution >= 4 is 12.1 Å². The van der Waals surface area contributed by atoms with E-state index in [0.717, 1.165) is 18.5 Å². The summed E-state index contributed by atoms with van der Waals surface area (Å²) in [7, 11) is 0. The molecule has 3 nitrogen and oxygen atoms in total. The van der Waals surface area contributed by atoms with Crippen molar-refractivity contribution in [3.05, 3.63) is 11.9 Å². The Morgan fingerprint density at radius 3 is 3.45 bits per heavy atom. The number of hydrogen-bond donors (Lipinski definition) is 1. The number of carbonyl (C=O) groups is 1. The van der Waals surface area contributed by atoms with Gasteiger partial charge in [-0.1, -0.05) is 0 Å². The van der Waals surface area contributed by atoms with Crippen molar-refractivity contribution in [2.45, 2.75) is 19.3 Å². The first-order valence-electron chi connectivity index (χ1n) is 3.88. The van der Waals surface area contributed by atoms with E-state index < -0.39 is 0 Å². The minimum absolute atomic E-state index is 0.129. The molecule has 1 N–H and O–H groups in total. The maximum Gasteiger partial charge on any atom is 0.224 e. The van der Waals surface area contributed by atoms with Crippen LogP contribution < -0.4 is 5.32 Å².